The van der Waals surface area contributed by atoms with Crippen molar-refractivity contribution < 1.29 is 4.74 Å². The van der Waals surface area contributed by atoms with E-state index in [4.69, 9.17) is 4.74 Å². The third-order valence-electron chi connectivity index (χ3n) is 3.99. The summed E-state index contributed by atoms with van der Waals surface area (Å²) >= 11 is 0. The van der Waals surface area contributed by atoms with Gasteiger partial charge in [0.2, 0.25) is 0 Å². The minimum absolute atomic E-state index is 0.743. The number of hydrogen-bond acceptors (Lipinski definition) is 2. The largest absolute Gasteiger partial charge is 0.496 e. The van der Waals surface area contributed by atoms with Gasteiger partial charge in [0.25, 0.3) is 0 Å². The molecule has 86 valence electrons. The van der Waals surface area contributed by atoms with Gasteiger partial charge in [0.15, 0.2) is 0 Å². The number of likely N-dealkylation sites (N-methyl/N-ethyl adjacent to an activating group) is 1. The molecule has 1 aliphatic heterocycles. The van der Waals surface area contributed by atoms with E-state index in [9.17, 15) is 0 Å². The van der Waals surface area contributed by atoms with Gasteiger partial charge in [-0.2, -0.15) is 0 Å². The van der Waals surface area contributed by atoms with E-state index in [-0.39, 0.29) is 0 Å². The summed E-state index contributed by atoms with van der Waals surface area (Å²) in [6, 6.07) is 4.42. The van der Waals surface area contributed by atoms with Crippen LogP contribution in [0.1, 0.15) is 35.4 Å². The Hall–Kier alpha value is -1.02. The van der Waals surface area contributed by atoms with Gasteiger partial charge in [-0.3, -0.25) is 0 Å². The smallest absolute Gasteiger partial charge is 0.123 e. The third kappa shape index (κ3) is 1.44. The van der Waals surface area contributed by atoms with Crippen molar-refractivity contribution in [2.75, 3.05) is 20.7 Å². The molecule has 0 saturated heterocycles. The molecule has 2 aliphatic rings. The highest BCUT2D eigenvalue weighted by molar-refractivity contribution is 5.49. The lowest BCUT2D eigenvalue weighted by Crippen LogP contribution is -2.33. The number of ether oxygens (including phenoxy) is 1. The van der Waals surface area contributed by atoms with Gasteiger partial charge in [0.05, 0.1) is 7.11 Å². The van der Waals surface area contributed by atoms with Crippen LogP contribution in [0.4, 0.5) is 0 Å². The molecule has 1 aromatic carbocycles. The molecule has 0 unspecified atom stereocenters. The summed E-state index contributed by atoms with van der Waals surface area (Å²) in [6.45, 7) is 2.26. The van der Waals surface area contributed by atoms with E-state index in [1.54, 1.807) is 18.2 Å². The Bertz CT molecular complexity index is 413. The fourth-order valence-corrected chi connectivity index (χ4v) is 3.35. The first-order valence-corrected chi connectivity index (χ1v) is 6.17. The fraction of sp³-hybridized carbons (Fsp3) is 0.571. The molecule has 0 aromatic heterocycles. The van der Waals surface area contributed by atoms with Gasteiger partial charge in [-0.15, -0.1) is 0 Å². The molecule has 16 heavy (non-hydrogen) atoms. The van der Waals surface area contributed by atoms with E-state index in [1.807, 2.05) is 0 Å². The van der Waals surface area contributed by atoms with Crippen LogP contribution >= 0.6 is 0 Å². The van der Waals surface area contributed by atoms with Crippen LogP contribution < -0.4 is 4.74 Å². The molecule has 1 atom stereocenters. The van der Waals surface area contributed by atoms with Crippen LogP contribution in [0.25, 0.3) is 0 Å². The second-order valence-electron chi connectivity index (χ2n) is 5.11. The van der Waals surface area contributed by atoms with Gasteiger partial charge >= 0.3 is 0 Å². The standard InChI is InChI=1S/C14H19NO/c1-15-8-11-5-3-4-10-6-7-13(16-2)12(9-15)14(10)11/h6-7,11H,3-5,8-9H2,1-2H3/t11-/m1/s1. The molecule has 1 aliphatic carbocycles. The Morgan fingerprint density at radius 1 is 1.38 bits per heavy atom. The second-order valence-corrected chi connectivity index (χ2v) is 5.11. The first kappa shape index (κ1) is 10.2. The highest BCUT2D eigenvalue weighted by Gasteiger charge is 2.30. The van der Waals surface area contributed by atoms with Crippen LogP contribution in [0.15, 0.2) is 12.1 Å². The quantitative estimate of drug-likeness (QED) is 0.717. The Balaban J connectivity index is 2.17. The zero-order chi connectivity index (χ0) is 11.1. The van der Waals surface area contributed by atoms with E-state index in [2.05, 4.69) is 24.1 Å². The van der Waals surface area contributed by atoms with Crippen molar-refractivity contribution >= 4 is 0 Å². The van der Waals surface area contributed by atoms with Crippen molar-refractivity contribution in [2.24, 2.45) is 0 Å². The molecule has 3 rings (SSSR count). The zero-order valence-electron chi connectivity index (χ0n) is 10.1. The first-order valence-electron chi connectivity index (χ1n) is 6.17. The lowest BCUT2D eigenvalue weighted by Gasteiger charge is -2.37. The maximum Gasteiger partial charge on any atom is 0.123 e. The molecular weight excluding hydrogens is 198 g/mol. The molecule has 0 saturated carbocycles. The Labute approximate surface area is 97.2 Å². The van der Waals surface area contributed by atoms with E-state index in [0.717, 1.165) is 18.2 Å². The minimum Gasteiger partial charge on any atom is -0.496 e. The lowest BCUT2D eigenvalue weighted by atomic mass is 9.77. The number of rotatable bonds is 1. The number of aryl methyl sites for hydroxylation is 1. The van der Waals surface area contributed by atoms with Gasteiger partial charge in [-0.1, -0.05) is 6.07 Å². The molecular formula is C14H19NO. The summed E-state index contributed by atoms with van der Waals surface area (Å²) in [5.74, 6) is 1.82. The van der Waals surface area contributed by atoms with Crippen LogP contribution in [0.2, 0.25) is 0 Å². The Kier molecular flexibility index (Phi) is 2.40. The summed E-state index contributed by atoms with van der Waals surface area (Å²) < 4.78 is 5.51. The molecule has 2 heteroatoms. The average Bonchev–Trinajstić information content (AvgIpc) is 2.29. The topological polar surface area (TPSA) is 12.5 Å². The van der Waals surface area contributed by atoms with Crippen molar-refractivity contribution in [3.05, 3.63) is 28.8 Å². The van der Waals surface area contributed by atoms with E-state index < -0.39 is 0 Å². The average molecular weight is 217 g/mol. The van der Waals surface area contributed by atoms with Gasteiger partial charge in [0.1, 0.15) is 5.75 Å². The van der Waals surface area contributed by atoms with Gasteiger partial charge < -0.3 is 9.64 Å². The summed E-state index contributed by atoms with van der Waals surface area (Å²) in [7, 11) is 3.99. The number of nitrogens with zero attached hydrogens (tertiary/aromatic N) is 1. The summed E-state index contributed by atoms with van der Waals surface area (Å²) in [6.07, 6.45) is 3.95. The predicted octanol–water partition coefficient (Wildman–Crippen LogP) is 2.56. The molecule has 0 N–H and O–H groups in total. The number of hydrogen-bond donors (Lipinski definition) is 0. The van der Waals surface area contributed by atoms with E-state index >= 15 is 0 Å². The number of benzene rings is 1. The van der Waals surface area contributed by atoms with Crippen molar-refractivity contribution in [1.82, 2.24) is 4.90 Å². The van der Waals surface area contributed by atoms with Gasteiger partial charge in [0, 0.05) is 18.7 Å². The highest BCUT2D eigenvalue weighted by atomic mass is 16.5. The summed E-state index contributed by atoms with van der Waals surface area (Å²) in [5.41, 5.74) is 4.63. The maximum atomic E-state index is 5.51. The van der Waals surface area contributed by atoms with Crippen molar-refractivity contribution in [3.8, 4) is 5.75 Å². The van der Waals surface area contributed by atoms with Crippen LogP contribution in [-0.4, -0.2) is 25.6 Å². The molecule has 0 bridgehead atoms. The van der Waals surface area contributed by atoms with Crippen molar-refractivity contribution in [2.45, 2.75) is 31.7 Å². The van der Waals surface area contributed by atoms with Crippen LogP contribution in [-0.2, 0) is 13.0 Å². The van der Waals surface area contributed by atoms with Crippen LogP contribution in [0.5, 0.6) is 5.75 Å². The molecule has 0 spiro atoms. The Morgan fingerprint density at radius 2 is 2.25 bits per heavy atom. The minimum atomic E-state index is 0.743. The third-order valence-corrected chi connectivity index (χ3v) is 3.99. The van der Waals surface area contributed by atoms with Crippen molar-refractivity contribution in [1.29, 1.82) is 0 Å². The lowest BCUT2D eigenvalue weighted by molar-refractivity contribution is 0.259. The van der Waals surface area contributed by atoms with Crippen molar-refractivity contribution in [3.63, 3.8) is 0 Å². The molecule has 1 heterocycles. The maximum absolute atomic E-state index is 5.51. The summed E-state index contributed by atoms with van der Waals surface area (Å²) in [5, 5.41) is 0. The molecule has 0 fully saturated rings. The van der Waals surface area contributed by atoms with Gasteiger partial charge in [-0.05, 0) is 49.4 Å². The fourth-order valence-electron chi connectivity index (χ4n) is 3.35. The summed E-state index contributed by atoms with van der Waals surface area (Å²) in [4.78, 5) is 2.42. The SMILES string of the molecule is COc1ccc2c3c1CN(C)C[C@H]3CCC2. The molecule has 2 nitrogen and oxygen atoms in total. The zero-order valence-corrected chi connectivity index (χ0v) is 10.1. The van der Waals surface area contributed by atoms with E-state index in [1.165, 1.54) is 31.4 Å². The van der Waals surface area contributed by atoms with Gasteiger partial charge in [-0.25, -0.2) is 0 Å². The number of methoxy groups -OCH3 is 1. The van der Waals surface area contributed by atoms with E-state index in [0.29, 0.717) is 0 Å². The van der Waals surface area contributed by atoms with Crippen LogP contribution in [0.3, 0.4) is 0 Å². The van der Waals surface area contributed by atoms with Crippen LogP contribution in [0, 0.1) is 0 Å². The second kappa shape index (κ2) is 3.77. The molecule has 1 aromatic rings. The molecule has 0 amide bonds. The predicted molar refractivity (Wildman–Crippen MR) is 65.0 cm³/mol. The molecule has 0 radical (unpaired) electrons. The Morgan fingerprint density at radius 3 is 3.06 bits per heavy atom. The first-order chi connectivity index (χ1) is 7.79. The monoisotopic (exact) mass is 217 g/mol. The highest BCUT2D eigenvalue weighted by Crippen LogP contribution is 2.41. The normalized spacial score (nSPS) is 24.0.